The Morgan fingerprint density at radius 2 is 1.84 bits per heavy atom. The Morgan fingerprint density at radius 3 is 2.55 bits per heavy atom. The van der Waals surface area contributed by atoms with Crippen molar-refractivity contribution >= 4 is 57.1 Å². The van der Waals surface area contributed by atoms with E-state index in [0.717, 1.165) is 16.0 Å². The number of carbonyl (C=O) groups excluding carboxylic acids is 3. The van der Waals surface area contributed by atoms with Gasteiger partial charge in [-0.15, -0.1) is 0 Å². The zero-order valence-electron chi connectivity index (χ0n) is 20.7. The molecule has 0 aromatic heterocycles. The zero-order valence-corrected chi connectivity index (χ0v) is 23.1. The lowest BCUT2D eigenvalue weighted by molar-refractivity contribution is -0.127. The Morgan fingerprint density at radius 1 is 1.11 bits per heavy atom. The summed E-state index contributed by atoms with van der Waals surface area (Å²) in [5.74, 6) is -0.167. The number of urea groups is 1. The van der Waals surface area contributed by atoms with Gasteiger partial charge in [-0.25, -0.2) is 9.69 Å². The molecular weight excluding hydrogens is 574 g/mol. The van der Waals surface area contributed by atoms with Gasteiger partial charge in [-0.05, 0) is 71.7 Å². The summed E-state index contributed by atoms with van der Waals surface area (Å²) in [6.07, 6.45) is 1.52. The van der Waals surface area contributed by atoms with Crippen LogP contribution < -0.4 is 20.1 Å². The fourth-order valence-corrected chi connectivity index (χ4v) is 4.47. The van der Waals surface area contributed by atoms with Crippen molar-refractivity contribution in [2.24, 2.45) is 0 Å². The van der Waals surface area contributed by atoms with E-state index in [0.29, 0.717) is 38.9 Å². The highest BCUT2D eigenvalue weighted by atomic mass is 79.9. The Hall–Kier alpha value is -3.82. The topological polar surface area (TPSA) is 97.0 Å². The van der Waals surface area contributed by atoms with E-state index < -0.39 is 24.4 Å². The van der Waals surface area contributed by atoms with Crippen LogP contribution in [-0.2, 0) is 16.2 Å². The molecule has 0 aliphatic carbocycles. The third-order valence-corrected chi connectivity index (χ3v) is 6.53. The largest absolute Gasteiger partial charge is 0.490 e. The van der Waals surface area contributed by atoms with Crippen LogP contribution in [0.25, 0.3) is 6.08 Å². The summed E-state index contributed by atoms with van der Waals surface area (Å²) < 4.78 is 12.4. The number of hydrogen-bond acceptors (Lipinski definition) is 5. The molecule has 4 amide bonds. The van der Waals surface area contributed by atoms with Crippen molar-refractivity contribution in [2.75, 3.05) is 18.5 Å². The zero-order chi connectivity index (χ0) is 27.2. The molecule has 1 heterocycles. The molecule has 10 heteroatoms. The van der Waals surface area contributed by atoms with Crippen molar-refractivity contribution in [1.82, 2.24) is 10.2 Å². The summed E-state index contributed by atoms with van der Waals surface area (Å²) in [5, 5.41) is 5.81. The fraction of sp³-hybridized carbons (Fsp3) is 0.179. The van der Waals surface area contributed by atoms with Crippen LogP contribution in [0.2, 0.25) is 5.02 Å². The van der Waals surface area contributed by atoms with Crippen molar-refractivity contribution in [1.29, 1.82) is 0 Å². The van der Waals surface area contributed by atoms with Crippen molar-refractivity contribution in [3.05, 3.63) is 92.5 Å². The van der Waals surface area contributed by atoms with Crippen molar-refractivity contribution in [3.63, 3.8) is 0 Å². The SMILES string of the molecule is CCOc1cc(/C=C2/NC(=O)N(CC(=O)Nc3ccc(C)cc3)C2=O)cc(Br)c1OCc1ccccc1Cl. The van der Waals surface area contributed by atoms with Gasteiger partial charge in [0.25, 0.3) is 5.91 Å². The van der Waals surface area contributed by atoms with Crippen LogP contribution in [0.5, 0.6) is 11.5 Å². The highest BCUT2D eigenvalue weighted by molar-refractivity contribution is 9.10. The summed E-state index contributed by atoms with van der Waals surface area (Å²) in [5.41, 5.74) is 3.07. The number of imide groups is 1. The number of halogens is 2. The van der Waals surface area contributed by atoms with Crippen molar-refractivity contribution in [3.8, 4) is 11.5 Å². The number of carbonyl (C=O) groups is 3. The van der Waals surface area contributed by atoms with Gasteiger partial charge in [0.2, 0.25) is 5.91 Å². The quantitative estimate of drug-likeness (QED) is 0.235. The predicted octanol–water partition coefficient (Wildman–Crippen LogP) is 5.92. The van der Waals surface area contributed by atoms with Gasteiger partial charge in [-0.2, -0.15) is 0 Å². The van der Waals surface area contributed by atoms with E-state index in [1.54, 1.807) is 30.3 Å². The number of aryl methyl sites for hydroxylation is 1. The first-order valence-corrected chi connectivity index (χ1v) is 13.0. The maximum Gasteiger partial charge on any atom is 0.329 e. The first-order valence-electron chi connectivity index (χ1n) is 11.8. The van der Waals surface area contributed by atoms with Gasteiger partial charge in [0.05, 0.1) is 11.1 Å². The first-order chi connectivity index (χ1) is 18.2. The van der Waals surface area contributed by atoms with Crippen LogP contribution >= 0.6 is 27.5 Å². The number of ether oxygens (including phenoxy) is 2. The number of amides is 4. The fourth-order valence-electron chi connectivity index (χ4n) is 3.70. The monoisotopic (exact) mass is 597 g/mol. The van der Waals surface area contributed by atoms with Gasteiger partial charge in [0.1, 0.15) is 18.8 Å². The molecule has 3 aromatic rings. The molecule has 4 rings (SSSR count). The second-order valence-corrected chi connectivity index (χ2v) is 9.70. The minimum atomic E-state index is -0.677. The summed E-state index contributed by atoms with van der Waals surface area (Å²) in [6, 6.07) is 17.4. The molecule has 196 valence electrons. The lowest BCUT2D eigenvalue weighted by Crippen LogP contribution is -2.38. The Balaban J connectivity index is 1.49. The smallest absolute Gasteiger partial charge is 0.329 e. The number of rotatable bonds is 9. The molecule has 38 heavy (non-hydrogen) atoms. The molecule has 0 spiro atoms. The minimum absolute atomic E-state index is 0.0391. The lowest BCUT2D eigenvalue weighted by atomic mass is 10.1. The van der Waals surface area contributed by atoms with E-state index in [1.165, 1.54) is 6.08 Å². The number of anilines is 1. The average molecular weight is 599 g/mol. The molecule has 1 aliphatic heterocycles. The average Bonchev–Trinajstić information content (AvgIpc) is 3.13. The molecule has 0 unspecified atom stereocenters. The summed E-state index contributed by atoms with van der Waals surface area (Å²) in [6.45, 7) is 3.97. The normalized spacial score (nSPS) is 14.0. The van der Waals surface area contributed by atoms with E-state index in [2.05, 4.69) is 26.6 Å². The third-order valence-electron chi connectivity index (χ3n) is 5.57. The summed E-state index contributed by atoms with van der Waals surface area (Å²) >= 11 is 9.75. The van der Waals surface area contributed by atoms with Crippen molar-refractivity contribution in [2.45, 2.75) is 20.5 Å². The molecule has 0 atom stereocenters. The van der Waals surface area contributed by atoms with Crippen LogP contribution in [0.15, 0.2) is 70.8 Å². The van der Waals surface area contributed by atoms with Crippen LogP contribution in [0.1, 0.15) is 23.6 Å². The highest BCUT2D eigenvalue weighted by Gasteiger charge is 2.35. The molecule has 8 nitrogen and oxygen atoms in total. The van der Waals surface area contributed by atoms with Crippen LogP contribution in [0.3, 0.4) is 0 Å². The lowest BCUT2D eigenvalue weighted by Gasteiger charge is -2.15. The summed E-state index contributed by atoms with van der Waals surface area (Å²) in [4.78, 5) is 38.7. The Bertz CT molecular complexity index is 1410. The number of nitrogens with one attached hydrogen (secondary N) is 2. The molecular formula is C28H25BrClN3O5. The Kier molecular flexibility index (Phi) is 8.70. The molecule has 0 bridgehead atoms. The molecule has 1 saturated heterocycles. The second kappa shape index (κ2) is 12.1. The maximum atomic E-state index is 12.9. The third kappa shape index (κ3) is 6.54. The molecule has 0 saturated carbocycles. The minimum Gasteiger partial charge on any atom is -0.490 e. The van der Waals surface area contributed by atoms with Crippen LogP contribution in [0.4, 0.5) is 10.5 Å². The van der Waals surface area contributed by atoms with Gasteiger partial charge in [-0.1, -0.05) is 47.5 Å². The van der Waals surface area contributed by atoms with Gasteiger partial charge < -0.3 is 20.1 Å². The predicted molar refractivity (Wildman–Crippen MR) is 149 cm³/mol. The number of hydrogen-bond donors (Lipinski definition) is 2. The van der Waals surface area contributed by atoms with Crippen molar-refractivity contribution < 1.29 is 23.9 Å². The van der Waals surface area contributed by atoms with E-state index in [1.807, 2.05) is 44.2 Å². The molecule has 3 aromatic carbocycles. The second-order valence-electron chi connectivity index (χ2n) is 8.44. The first kappa shape index (κ1) is 27.2. The molecule has 1 aliphatic rings. The van der Waals surface area contributed by atoms with Crippen LogP contribution in [0, 0.1) is 6.92 Å². The number of benzene rings is 3. The van der Waals surface area contributed by atoms with Crippen LogP contribution in [-0.4, -0.2) is 35.9 Å². The summed E-state index contributed by atoms with van der Waals surface area (Å²) in [7, 11) is 0. The van der Waals surface area contributed by atoms with Gasteiger partial charge in [-0.3, -0.25) is 9.59 Å². The maximum absolute atomic E-state index is 12.9. The molecule has 1 fully saturated rings. The molecule has 0 radical (unpaired) electrons. The van der Waals surface area contributed by atoms with E-state index in [9.17, 15) is 14.4 Å². The van der Waals surface area contributed by atoms with Gasteiger partial charge in [0.15, 0.2) is 11.5 Å². The number of nitrogens with zero attached hydrogens (tertiary/aromatic N) is 1. The van der Waals surface area contributed by atoms with E-state index >= 15 is 0 Å². The van der Waals surface area contributed by atoms with E-state index in [-0.39, 0.29) is 12.3 Å². The highest BCUT2D eigenvalue weighted by Crippen LogP contribution is 2.38. The van der Waals surface area contributed by atoms with E-state index in [4.69, 9.17) is 21.1 Å². The van der Waals surface area contributed by atoms with Gasteiger partial charge in [0, 0.05) is 16.3 Å². The molecule has 2 N–H and O–H groups in total. The van der Waals surface area contributed by atoms with Gasteiger partial charge >= 0.3 is 6.03 Å². The Labute approximate surface area is 233 Å². The standard InChI is InChI=1S/C28H25BrClN3O5/c1-3-37-24-14-18(12-21(29)26(24)38-16-19-6-4-5-7-22(19)30)13-23-27(35)33(28(36)32-23)15-25(34)31-20-10-8-17(2)9-11-20/h4-14H,3,15-16H2,1-2H3,(H,31,34)(H,32,36)/b23-13+.